The molecule has 0 spiro atoms. The highest BCUT2D eigenvalue weighted by Gasteiger charge is 2.20. The van der Waals surface area contributed by atoms with Crippen molar-refractivity contribution in [2.75, 3.05) is 24.5 Å². The lowest BCUT2D eigenvalue weighted by atomic mass is 10.1. The number of rotatable bonds is 2. The number of amides is 1. The van der Waals surface area contributed by atoms with Crippen LogP contribution in [0.25, 0.3) is 0 Å². The number of piperazine rings is 1. The Hall–Kier alpha value is -1.62. The molecule has 1 aromatic carbocycles. The molecule has 0 radical (unpaired) electrons. The lowest BCUT2D eigenvalue weighted by molar-refractivity contribution is -0.120. The first-order chi connectivity index (χ1) is 8.08. The SMILES string of the molecule is C[C@H](O)c1cc(F)ccc1N1CCNC(=O)C1. The van der Waals surface area contributed by atoms with Gasteiger partial charge in [-0.25, -0.2) is 4.39 Å². The maximum absolute atomic E-state index is 13.1. The third-order valence-corrected chi connectivity index (χ3v) is 2.82. The predicted molar refractivity (Wildman–Crippen MR) is 62.3 cm³/mol. The highest BCUT2D eigenvalue weighted by Crippen LogP contribution is 2.27. The molecule has 17 heavy (non-hydrogen) atoms. The minimum Gasteiger partial charge on any atom is -0.389 e. The van der Waals surface area contributed by atoms with Crippen LogP contribution in [0.4, 0.5) is 10.1 Å². The van der Waals surface area contributed by atoms with Crippen molar-refractivity contribution in [3.05, 3.63) is 29.6 Å². The molecule has 92 valence electrons. The monoisotopic (exact) mass is 238 g/mol. The molecule has 2 N–H and O–H groups in total. The van der Waals surface area contributed by atoms with Crippen molar-refractivity contribution in [3.63, 3.8) is 0 Å². The lowest BCUT2D eigenvalue weighted by Crippen LogP contribution is -2.48. The van der Waals surface area contributed by atoms with Gasteiger partial charge in [0.05, 0.1) is 12.6 Å². The van der Waals surface area contributed by atoms with Gasteiger partial charge in [0.1, 0.15) is 5.82 Å². The van der Waals surface area contributed by atoms with Crippen LogP contribution in [-0.2, 0) is 4.79 Å². The van der Waals surface area contributed by atoms with Gasteiger partial charge in [0.15, 0.2) is 0 Å². The number of carbonyl (C=O) groups is 1. The van der Waals surface area contributed by atoms with Gasteiger partial charge in [0.25, 0.3) is 0 Å². The fraction of sp³-hybridized carbons (Fsp3) is 0.417. The van der Waals surface area contributed by atoms with Gasteiger partial charge in [-0.3, -0.25) is 4.79 Å². The van der Waals surface area contributed by atoms with Crippen molar-refractivity contribution < 1.29 is 14.3 Å². The summed E-state index contributed by atoms with van der Waals surface area (Å²) >= 11 is 0. The molecule has 1 atom stereocenters. The van der Waals surface area contributed by atoms with Gasteiger partial charge in [-0.05, 0) is 25.1 Å². The fourth-order valence-corrected chi connectivity index (χ4v) is 1.99. The summed E-state index contributed by atoms with van der Waals surface area (Å²) in [7, 11) is 0. The molecule has 5 heteroatoms. The van der Waals surface area contributed by atoms with Gasteiger partial charge in [-0.15, -0.1) is 0 Å². The van der Waals surface area contributed by atoms with E-state index >= 15 is 0 Å². The molecule has 4 nitrogen and oxygen atoms in total. The zero-order valence-electron chi connectivity index (χ0n) is 9.61. The number of hydrogen-bond acceptors (Lipinski definition) is 3. The van der Waals surface area contributed by atoms with E-state index in [1.54, 1.807) is 13.0 Å². The molecule has 1 aliphatic heterocycles. The van der Waals surface area contributed by atoms with Gasteiger partial charge in [-0.1, -0.05) is 0 Å². The summed E-state index contributed by atoms with van der Waals surface area (Å²) in [6, 6.07) is 4.26. The molecule has 1 aromatic rings. The maximum Gasteiger partial charge on any atom is 0.239 e. The lowest BCUT2D eigenvalue weighted by Gasteiger charge is -2.30. The summed E-state index contributed by atoms with van der Waals surface area (Å²) in [4.78, 5) is 13.2. The van der Waals surface area contributed by atoms with Crippen LogP contribution in [0.3, 0.4) is 0 Å². The number of aliphatic hydroxyl groups excluding tert-OH is 1. The number of benzene rings is 1. The number of nitrogens with zero attached hydrogens (tertiary/aromatic N) is 1. The van der Waals surface area contributed by atoms with Crippen LogP contribution >= 0.6 is 0 Å². The molecule has 1 fully saturated rings. The maximum atomic E-state index is 13.1. The second kappa shape index (κ2) is 4.71. The molecule has 1 saturated heterocycles. The van der Waals surface area contributed by atoms with Crippen LogP contribution in [0, 0.1) is 5.82 Å². The summed E-state index contributed by atoms with van der Waals surface area (Å²) < 4.78 is 13.1. The van der Waals surface area contributed by atoms with E-state index in [0.717, 1.165) is 5.69 Å². The molecule has 2 rings (SSSR count). The number of halogens is 1. The zero-order valence-corrected chi connectivity index (χ0v) is 9.61. The quantitative estimate of drug-likeness (QED) is 0.802. The van der Waals surface area contributed by atoms with E-state index in [2.05, 4.69) is 5.32 Å². The smallest absolute Gasteiger partial charge is 0.239 e. The van der Waals surface area contributed by atoms with Crippen molar-refractivity contribution in [1.82, 2.24) is 5.32 Å². The van der Waals surface area contributed by atoms with Crippen LogP contribution in [0.1, 0.15) is 18.6 Å². The van der Waals surface area contributed by atoms with Crippen LogP contribution in [0.5, 0.6) is 0 Å². The highest BCUT2D eigenvalue weighted by molar-refractivity contribution is 5.83. The Labute approximate surface area is 99.0 Å². The Balaban J connectivity index is 2.33. The van der Waals surface area contributed by atoms with E-state index in [1.165, 1.54) is 12.1 Å². The predicted octanol–water partition coefficient (Wildman–Crippen LogP) is 0.815. The van der Waals surface area contributed by atoms with Crippen LogP contribution in [0.15, 0.2) is 18.2 Å². The minimum absolute atomic E-state index is 0.0582. The van der Waals surface area contributed by atoms with Gasteiger partial charge >= 0.3 is 0 Å². The van der Waals surface area contributed by atoms with Crippen molar-refractivity contribution in [1.29, 1.82) is 0 Å². The number of hydrogen-bond donors (Lipinski definition) is 2. The Morgan fingerprint density at radius 2 is 2.29 bits per heavy atom. The summed E-state index contributed by atoms with van der Waals surface area (Å²) in [5.41, 5.74) is 1.23. The van der Waals surface area contributed by atoms with Crippen molar-refractivity contribution in [2.24, 2.45) is 0 Å². The molecule has 0 unspecified atom stereocenters. The Bertz CT molecular complexity index is 435. The molecule has 0 aliphatic carbocycles. The first-order valence-corrected chi connectivity index (χ1v) is 5.57. The molecular weight excluding hydrogens is 223 g/mol. The second-order valence-corrected chi connectivity index (χ2v) is 4.15. The van der Waals surface area contributed by atoms with Gasteiger partial charge in [0.2, 0.25) is 5.91 Å². The molecule has 0 bridgehead atoms. The first kappa shape index (κ1) is 11.9. The van der Waals surface area contributed by atoms with Crippen molar-refractivity contribution >= 4 is 11.6 Å². The Morgan fingerprint density at radius 1 is 1.53 bits per heavy atom. The Morgan fingerprint density at radius 3 is 2.94 bits per heavy atom. The standard InChI is InChI=1S/C12H15FN2O2/c1-8(16)10-6-9(13)2-3-11(10)15-5-4-14-12(17)7-15/h2-3,6,8,16H,4-5,7H2,1H3,(H,14,17)/t8-/m0/s1. The van der Waals surface area contributed by atoms with Gasteiger partial charge < -0.3 is 15.3 Å². The van der Waals surface area contributed by atoms with E-state index < -0.39 is 6.10 Å². The fourth-order valence-electron chi connectivity index (χ4n) is 1.99. The van der Waals surface area contributed by atoms with E-state index in [9.17, 15) is 14.3 Å². The van der Waals surface area contributed by atoms with Crippen molar-refractivity contribution in [2.45, 2.75) is 13.0 Å². The largest absolute Gasteiger partial charge is 0.389 e. The normalized spacial score (nSPS) is 17.8. The molecular formula is C12H15FN2O2. The van der Waals surface area contributed by atoms with E-state index in [1.807, 2.05) is 4.90 Å². The number of anilines is 1. The van der Waals surface area contributed by atoms with Crippen molar-refractivity contribution in [3.8, 4) is 0 Å². The first-order valence-electron chi connectivity index (χ1n) is 5.57. The number of aliphatic hydroxyl groups is 1. The molecule has 0 aromatic heterocycles. The summed E-state index contributed by atoms with van der Waals surface area (Å²) in [5, 5.41) is 12.4. The molecule has 1 heterocycles. The van der Waals surface area contributed by atoms with Gasteiger partial charge in [0, 0.05) is 24.3 Å². The van der Waals surface area contributed by atoms with E-state index in [-0.39, 0.29) is 18.3 Å². The highest BCUT2D eigenvalue weighted by atomic mass is 19.1. The summed E-state index contributed by atoms with van der Waals surface area (Å²) in [5.74, 6) is -0.441. The second-order valence-electron chi connectivity index (χ2n) is 4.15. The topological polar surface area (TPSA) is 52.6 Å². The third-order valence-electron chi connectivity index (χ3n) is 2.82. The summed E-state index contributed by atoms with van der Waals surface area (Å²) in [6.07, 6.45) is -0.759. The average Bonchev–Trinajstić information content (AvgIpc) is 2.28. The van der Waals surface area contributed by atoms with Crippen LogP contribution in [0.2, 0.25) is 0 Å². The van der Waals surface area contributed by atoms with Crippen LogP contribution < -0.4 is 10.2 Å². The van der Waals surface area contributed by atoms with Crippen LogP contribution in [-0.4, -0.2) is 30.6 Å². The molecule has 0 saturated carbocycles. The molecule has 1 aliphatic rings. The summed E-state index contributed by atoms with van der Waals surface area (Å²) in [6.45, 7) is 3.06. The third kappa shape index (κ3) is 2.55. The number of nitrogens with one attached hydrogen (secondary N) is 1. The van der Waals surface area contributed by atoms with E-state index in [0.29, 0.717) is 18.7 Å². The van der Waals surface area contributed by atoms with E-state index in [4.69, 9.17) is 0 Å². The Kier molecular flexibility index (Phi) is 3.28. The molecule has 1 amide bonds. The zero-order chi connectivity index (χ0) is 12.4. The van der Waals surface area contributed by atoms with Gasteiger partial charge in [-0.2, -0.15) is 0 Å². The number of carbonyl (C=O) groups excluding carboxylic acids is 1. The minimum atomic E-state index is -0.759. The average molecular weight is 238 g/mol.